The molecule has 0 aromatic carbocycles. The van der Waals surface area contributed by atoms with Crippen LogP contribution >= 0.6 is 11.3 Å². The number of likely N-dealkylation sites (N-methyl/N-ethyl adjacent to an activating group) is 1. The average molecular weight is 286 g/mol. The monoisotopic (exact) mass is 286 g/mol. The Hall–Kier alpha value is -1.72. The van der Waals surface area contributed by atoms with Gasteiger partial charge in [0.25, 0.3) is 0 Å². The molecule has 0 fully saturated rings. The minimum absolute atomic E-state index is 0.195. The lowest BCUT2D eigenvalue weighted by atomic mass is 10.0. The number of aromatic nitrogens is 3. The van der Waals surface area contributed by atoms with Gasteiger partial charge in [-0.2, -0.15) is 0 Å². The maximum atomic E-state index is 4.65. The smallest absolute Gasteiger partial charge is 0.193 e. The molecule has 0 aliphatic heterocycles. The number of nitrogens with zero attached hydrogens (tertiary/aromatic N) is 3. The van der Waals surface area contributed by atoms with Gasteiger partial charge < -0.3 is 5.32 Å². The fourth-order valence-electron chi connectivity index (χ4n) is 2.51. The van der Waals surface area contributed by atoms with E-state index in [1.165, 1.54) is 11.1 Å². The summed E-state index contributed by atoms with van der Waals surface area (Å²) >= 11 is 1.66. The Morgan fingerprint density at radius 2 is 2.25 bits per heavy atom. The molecule has 3 rings (SSSR count). The number of pyridine rings is 1. The number of fused-ring (bicyclic) bond motifs is 1. The number of hydrogen-bond acceptors (Lipinski definition) is 4. The van der Waals surface area contributed by atoms with Gasteiger partial charge in [-0.3, -0.25) is 9.38 Å². The molecule has 3 aromatic rings. The minimum Gasteiger partial charge on any atom is -0.311 e. The topological polar surface area (TPSA) is 42.2 Å². The summed E-state index contributed by atoms with van der Waals surface area (Å²) < 4.78 is 2.07. The van der Waals surface area contributed by atoms with Crippen molar-refractivity contribution in [1.29, 1.82) is 0 Å². The Morgan fingerprint density at radius 1 is 1.40 bits per heavy atom. The van der Waals surface area contributed by atoms with Crippen LogP contribution in [0.5, 0.6) is 0 Å². The van der Waals surface area contributed by atoms with Crippen molar-refractivity contribution < 1.29 is 0 Å². The molecule has 20 heavy (non-hydrogen) atoms. The van der Waals surface area contributed by atoms with Gasteiger partial charge in [-0.05, 0) is 32.0 Å². The molecule has 4 nitrogen and oxygen atoms in total. The van der Waals surface area contributed by atoms with Gasteiger partial charge in [0.15, 0.2) is 4.96 Å². The summed E-state index contributed by atoms with van der Waals surface area (Å²) in [4.78, 5) is 10.3. The summed E-state index contributed by atoms with van der Waals surface area (Å²) in [5, 5.41) is 5.40. The fourth-order valence-corrected chi connectivity index (χ4v) is 3.23. The molecule has 0 bridgehead atoms. The summed E-state index contributed by atoms with van der Waals surface area (Å²) in [7, 11) is 1.98. The maximum Gasteiger partial charge on any atom is 0.193 e. The van der Waals surface area contributed by atoms with Crippen LogP contribution in [0.1, 0.15) is 28.6 Å². The van der Waals surface area contributed by atoms with Gasteiger partial charge in [0.2, 0.25) is 0 Å². The van der Waals surface area contributed by atoms with Crippen molar-refractivity contribution in [3.05, 3.63) is 52.6 Å². The van der Waals surface area contributed by atoms with Gasteiger partial charge >= 0.3 is 0 Å². The van der Waals surface area contributed by atoms with E-state index < -0.39 is 0 Å². The van der Waals surface area contributed by atoms with Crippen molar-refractivity contribution in [2.75, 3.05) is 7.05 Å². The predicted octanol–water partition coefficient (Wildman–Crippen LogP) is 2.91. The molecule has 0 aliphatic carbocycles. The molecule has 5 heteroatoms. The number of thiazole rings is 1. The predicted molar refractivity (Wildman–Crippen MR) is 82.3 cm³/mol. The number of imidazole rings is 1. The lowest BCUT2D eigenvalue weighted by Crippen LogP contribution is -2.21. The van der Waals surface area contributed by atoms with E-state index in [1.54, 1.807) is 11.3 Å². The molecule has 3 heterocycles. The second-order valence-electron chi connectivity index (χ2n) is 5.09. The minimum atomic E-state index is 0.195. The number of hydrogen-bond donors (Lipinski definition) is 1. The molecule has 1 N–H and O–H groups in total. The number of aryl methyl sites for hydroxylation is 2. The molecule has 0 spiro atoms. The first-order chi connectivity index (χ1) is 9.67. The maximum absolute atomic E-state index is 4.65. The highest BCUT2D eigenvalue weighted by molar-refractivity contribution is 7.15. The van der Waals surface area contributed by atoms with Gasteiger partial charge in [-0.1, -0.05) is 6.07 Å². The highest BCUT2D eigenvalue weighted by Crippen LogP contribution is 2.21. The summed E-state index contributed by atoms with van der Waals surface area (Å²) in [6, 6.07) is 2.37. The zero-order chi connectivity index (χ0) is 14.1. The first-order valence-electron chi connectivity index (χ1n) is 6.69. The van der Waals surface area contributed by atoms with Crippen molar-refractivity contribution in [3.8, 4) is 0 Å². The first-order valence-corrected chi connectivity index (χ1v) is 7.57. The Morgan fingerprint density at radius 3 is 2.95 bits per heavy atom. The largest absolute Gasteiger partial charge is 0.311 e. The number of nitrogens with one attached hydrogen (secondary N) is 1. The molecule has 0 radical (unpaired) electrons. The molecule has 0 amide bonds. The molecular weight excluding hydrogens is 268 g/mol. The second kappa shape index (κ2) is 5.34. The van der Waals surface area contributed by atoms with Crippen molar-refractivity contribution >= 4 is 16.3 Å². The highest BCUT2D eigenvalue weighted by Gasteiger charge is 2.16. The van der Waals surface area contributed by atoms with E-state index in [2.05, 4.69) is 45.8 Å². The van der Waals surface area contributed by atoms with E-state index in [0.29, 0.717) is 0 Å². The van der Waals surface area contributed by atoms with Crippen LogP contribution in [0.3, 0.4) is 0 Å². The molecule has 3 aromatic heterocycles. The summed E-state index contributed by atoms with van der Waals surface area (Å²) in [5.41, 5.74) is 4.63. The number of rotatable bonds is 4. The SMILES string of the molecule is CNC(Cc1cn2ccsc2n1)c1ncc(C)cc1C. The summed E-state index contributed by atoms with van der Waals surface area (Å²) in [5.74, 6) is 0. The molecule has 1 unspecified atom stereocenters. The van der Waals surface area contributed by atoms with Gasteiger partial charge in [-0.25, -0.2) is 4.98 Å². The van der Waals surface area contributed by atoms with Crippen LogP contribution in [0.4, 0.5) is 0 Å². The summed E-state index contributed by atoms with van der Waals surface area (Å²) in [6.45, 7) is 4.19. The van der Waals surface area contributed by atoms with E-state index in [-0.39, 0.29) is 6.04 Å². The van der Waals surface area contributed by atoms with Crippen LogP contribution in [-0.4, -0.2) is 21.4 Å². The van der Waals surface area contributed by atoms with Crippen molar-refractivity contribution in [2.45, 2.75) is 26.3 Å². The van der Waals surface area contributed by atoms with Crippen molar-refractivity contribution in [3.63, 3.8) is 0 Å². The van der Waals surface area contributed by atoms with Gasteiger partial charge in [-0.15, -0.1) is 11.3 Å². The van der Waals surface area contributed by atoms with Crippen LogP contribution in [0.2, 0.25) is 0 Å². The van der Waals surface area contributed by atoms with Gasteiger partial charge in [0.05, 0.1) is 17.4 Å². The Kier molecular flexibility index (Phi) is 3.54. The van der Waals surface area contributed by atoms with Crippen LogP contribution in [0.25, 0.3) is 4.96 Å². The van der Waals surface area contributed by atoms with Gasteiger partial charge in [0, 0.05) is 30.4 Å². The van der Waals surface area contributed by atoms with Crippen LogP contribution in [0, 0.1) is 13.8 Å². The highest BCUT2D eigenvalue weighted by atomic mass is 32.1. The van der Waals surface area contributed by atoms with Gasteiger partial charge in [0.1, 0.15) is 0 Å². The molecule has 0 aliphatic rings. The quantitative estimate of drug-likeness (QED) is 0.802. The normalized spacial score (nSPS) is 12.9. The lowest BCUT2D eigenvalue weighted by molar-refractivity contribution is 0.566. The third kappa shape index (κ3) is 2.46. The average Bonchev–Trinajstić information content (AvgIpc) is 2.97. The molecule has 0 saturated carbocycles. The molecule has 104 valence electrons. The van der Waals surface area contributed by atoms with E-state index in [9.17, 15) is 0 Å². The zero-order valence-electron chi connectivity index (χ0n) is 11.9. The summed E-state index contributed by atoms with van der Waals surface area (Å²) in [6.07, 6.45) is 6.92. The first kappa shape index (κ1) is 13.3. The molecule has 1 atom stereocenters. The van der Waals surface area contributed by atoms with E-state index in [1.807, 2.05) is 24.8 Å². The van der Waals surface area contributed by atoms with Crippen LogP contribution < -0.4 is 5.32 Å². The Bertz CT molecular complexity index is 700. The lowest BCUT2D eigenvalue weighted by Gasteiger charge is -2.17. The molecular formula is C15H18N4S. The van der Waals surface area contributed by atoms with Crippen molar-refractivity contribution in [2.24, 2.45) is 0 Å². The third-order valence-electron chi connectivity index (χ3n) is 3.49. The Balaban J connectivity index is 1.88. The fraction of sp³-hybridized carbons (Fsp3) is 0.333. The van der Waals surface area contributed by atoms with Crippen LogP contribution in [0.15, 0.2) is 30.0 Å². The van der Waals surface area contributed by atoms with E-state index >= 15 is 0 Å². The van der Waals surface area contributed by atoms with Crippen molar-refractivity contribution in [1.82, 2.24) is 19.7 Å². The van der Waals surface area contributed by atoms with E-state index in [0.717, 1.165) is 22.8 Å². The van der Waals surface area contributed by atoms with Crippen LogP contribution in [-0.2, 0) is 6.42 Å². The molecule has 0 saturated heterocycles. The standard InChI is InChI=1S/C15H18N4S/c1-10-6-11(2)14(17-8-10)13(16-3)7-12-9-19-4-5-20-15(19)18-12/h4-6,8-9,13,16H,7H2,1-3H3. The third-order valence-corrected chi connectivity index (χ3v) is 4.26. The zero-order valence-corrected chi connectivity index (χ0v) is 12.7. The van der Waals surface area contributed by atoms with E-state index in [4.69, 9.17) is 0 Å². The second-order valence-corrected chi connectivity index (χ2v) is 5.96. The Labute approximate surface area is 122 Å².